The monoisotopic (exact) mass is 427 g/mol. The van der Waals surface area contributed by atoms with Crippen molar-refractivity contribution in [1.82, 2.24) is 14.5 Å². The number of carbonyl (C=O) groups excluding carboxylic acids is 1. The zero-order valence-corrected chi connectivity index (χ0v) is 17.7. The average molecular weight is 428 g/mol. The number of piperidine rings is 1. The lowest BCUT2D eigenvalue weighted by Gasteiger charge is -2.38. The highest BCUT2D eigenvalue weighted by molar-refractivity contribution is 7.91. The van der Waals surface area contributed by atoms with Gasteiger partial charge in [0, 0.05) is 30.9 Å². The van der Waals surface area contributed by atoms with Gasteiger partial charge in [-0.2, -0.15) is 0 Å². The lowest BCUT2D eigenvalue weighted by molar-refractivity contribution is -0.0284. The van der Waals surface area contributed by atoms with Crippen molar-refractivity contribution in [2.45, 2.75) is 36.8 Å². The molecule has 1 amide bonds. The third kappa shape index (κ3) is 3.85. The van der Waals surface area contributed by atoms with Gasteiger partial charge in [-0.25, -0.2) is 8.42 Å². The number of fused-ring (bicyclic) bond motifs is 1. The smallest absolute Gasteiger partial charge is 0.255 e. The molecule has 0 bridgehead atoms. The normalized spacial score (nSPS) is 16.7. The molecule has 2 aromatic heterocycles. The maximum Gasteiger partial charge on any atom is 0.255 e. The summed E-state index contributed by atoms with van der Waals surface area (Å²) in [5, 5.41) is 12.2. The van der Waals surface area contributed by atoms with E-state index in [-0.39, 0.29) is 22.1 Å². The summed E-state index contributed by atoms with van der Waals surface area (Å²) in [6.07, 6.45) is 6.29. The minimum absolute atomic E-state index is 0.0588. The van der Waals surface area contributed by atoms with Gasteiger partial charge in [-0.05, 0) is 37.1 Å². The van der Waals surface area contributed by atoms with E-state index in [0.29, 0.717) is 32.5 Å². The number of aromatic nitrogens is 2. The summed E-state index contributed by atoms with van der Waals surface area (Å²) in [5.74, 6) is -0.364. The van der Waals surface area contributed by atoms with Crippen molar-refractivity contribution < 1.29 is 18.3 Å². The van der Waals surface area contributed by atoms with Crippen molar-refractivity contribution in [2.75, 3.05) is 18.8 Å². The number of pyridine rings is 1. The molecule has 0 atom stereocenters. The molecule has 0 unspecified atom stereocenters. The number of hydrogen-bond acceptors (Lipinski definition) is 5. The van der Waals surface area contributed by atoms with Crippen LogP contribution in [0.2, 0.25) is 0 Å². The van der Waals surface area contributed by atoms with E-state index in [2.05, 4.69) is 4.98 Å². The summed E-state index contributed by atoms with van der Waals surface area (Å²) in [7, 11) is -3.50. The fraction of sp³-hybridized carbons (Fsp3) is 0.364. The van der Waals surface area contributed by atoms with Crippen LogP contribution in [-0.4, -0.2) is 58.3 Å². The zero-order valence-electron chi connectivity index (χ0n) is 16.9. The average Bonchev–Trinajstić information content (AvgIpc) is 3.16. The first-order valence-electron chi connectivity index (χ1n) is 10.1. The Labute approximate surface area is 175 Å². The Morgan fingerprint density at radius 1 is 1.17 bits per heavy atom. The van der Waals surface area contributed by atoms with E-state index < -0.39 is 15.4 Å². The van der Waals surface area contributed by atoms with Crippen LogP contribution < -0.4 is 0 Å². The Kier molecular flexibility index (Phi) is 5.38. The Balaban J connectivity index is 1.49. The first-order valence-corrected chi connectivity index (χ1v) is 11.7. The molecule has 4 rings (SSSR count). The third-order valence-electron chi connectivity index (χ3n) is 5.85. The lowest BCUT2D eigenvalue weighted by atomic mass is 9.91. The SMILES string of the molecule is CCS(=O)(=O)c1ccccc1C(=O)N1CCC(O)(Cn2ccc3ccncc32)CC1. The van der Waals surface area contributed by atoms with Crippen molar-refractivity contribution in [3.63, 3.8) is 0 Å². The molecule has 30 heavy (non-hydrogen) atoms. The van der Waals surface area contributed by atoms with E-state index in [9.17, 15) is 18.3 Å². The lowest BCUT2D eigenvalue weighted by Crippen LogP contribution is -2.48. The van der Waals surface area contributed by atoms with E-state index in [0.717, 1.165) is 10.9 Å². The summed E-state index contributed by atoms with van der Waals surface area (Å²) in [4.78, 5) is 18.9. The van der Waals surface area contributed by atoms with Gasteiger partial charge in [-0.15, -0.1) is 0 Å². The predicted molar refractivity (Wildman–Crippen MR) is 114 cm³/mol. The van der Waals surface area contributed by atoms with Crippen LogP contribution in [0.4, 0.5) is 0 Å². The van der Waals surface area contributed by atoms with Crippen LogP contribution in [0.3, 0.4) is 0 Å². The van der Waals surface area contributed by atoms with Crippen molar-refractivity contribution in [3.05, 3.63) is 60.6 Å². The topological polar surface area (TPSA) is 92.5 Å². The van der Waals surface area contributed by atoms with Crippen LogP contribution in [0, 0.1) is 0 Å². The van der Waals surface area contributed by atoms with Crippen LogP contribution in [0.5, 0.6) is 0 Å². The first kappa shape index (κ1) is 20.6. The molecule has 7 nitrogen and oxygen atoms in total. The quantitative estimate of drug-likeness (QED) is 0.675. The fourth-order valence-corrected chi connectivity index (χ4v) is 5.10. The molecule has 158 valence electrons. The number of amides is 1. The standard InChI is InChI=1S/C22H25N3O4S/c1-2-30(28,29)20-6-4-3-5-18(20)21(26)24-13-9-22(27,10-14-24)16-25-12-8-17-7-11-23-15-19(17)25/h3-8,11-12,15,27H,2,9-10,13-14,16H2,1H3. The number of rotatable bonds is 5. The van der Waals surface area contributed by atoms with Gasteiger partial charge < -0.3 is 14.6 Å². The molecule has 1 saturated heterocycles. The Hall–Kier alpha value is -2.71. The molecule has 1 aliphatic rings. The van der Waals surface area contributed by atoms with Crippen LogP contribution >= 0.6 is 0 Å². The van der Waals surface area contributed by atoms with Gasteiger partial charge in [0.1, 0.15) is 0 Å². The molecule has 1 aromatic carbocycles. The summed E-state index contributed by atoms with van der Waals surface area (Å²) in [6.45, 7) is 2.73. The van der Waals surface area contributed by atoms with Gasteiger partial charge >= 0.3 is 0 Å². The van der Waals surface area contributed by atoms with E-state index >= 15 is 0 Å². The van der Waals surface area contributed by atoms with Crippen LogP contribution in [0.15, 0.2) is 59.9 Å². The molecule has 0 aliphatic carbocycles. The second kappa shape index (κ2) is 7.85. The second-order valence-corrected chi connectivity index (χ2v) is 10.0. The highest BCUT2D eigenvalue weighted by Crippen LogP contribution is 2.28. The van der Waals surface area contributed by atoms with Gasteiger partial charge in [0.25, 0.3) is 5.91 Å². The van der Waals surface area contributed by atoms with Gasteiger partial charge in [0.15, 0.2) is 9.84 Å². The third-order valence-corrected chi connectivity index (χ3v) is 7.64. The zero-order chi connectivity index (χ0) is 21.4. The predicted octanol–water partition coefficient (Wildman–Crippen LogP) is 2.50. The molecule has 8 heteroatoms. The van der Waals surface area contributed by atoms with Crippen molar-refractivity contribution in [2.24, 2.45) is 0 Å². The Morgan fingerprint density at radius 3 is 2.63 bits per heavy atom. The second-order valence-electron chi connectivity index (χ2n) is 7.79. The van der Waals surface area contributed by atoms with Gasteiger partial charge in [-0.1, -0.05) is 19.1 Å². The van der Waals surface area contributed by atoms with Crippen LogP contribution in [-0.2, 0) is 16.4 Å². The van der Waals surface area contributed by atoms with Gasteiger partial charge in [-0.3, -0.25) is 9.78 Å². The fourth-order valence-electron chi connectivity index (χ4n) is 4.01. The summed E-state index contributed by atoms with van der Waals surface area (Å²) >= 11 is 0. The molecule has 0 saturated carbocycles. The Morgan fingerprint density at radius 2 is 1.90 bits per heavy atom. The van der Waals surface area contributed by atoms with Crippen LogP contribution in [0.25, 0.3) is 10.9 Å². The number of carbonyl (C=O) groups is 1. The molecule has 1 aliphatic heterocycles. The van der Waals surface area contributed by atoms with Crippen LogP contribution in [0.1, 0.15) is 30.1 Å². The molecule has 0 radical (unpaired) electrons. The van der Waals surface area contributed by atoms with E-state index in [1.54, 1.807) is 42.4 Å². The molecule has 1 N–H and O–H groups in total. The number of sulfone groups is 1. The van der Waals surface area contributed by atoms with E-state index in [1.807, 2.05) is 22.9 Å². The van der Waals surface area contributed by atoms with E-state index in [1.165, 1.54) is 6.07 Å². The molecule has 1 fully saturated rings. The van der Waals surface area contributed by atoms with Gasteiger partial charge in [0.05, 0.1) is 40.1 Å². The summed E-state index contributed by atoms with van der Waals surface area (Å²) < 4.78 is 26.7. The highest BCUT2D eigenvalue weighted by Gasteiger charge is 2.35. The Bertz CT molecular complexity index is 1180. The minimum atomic E-state index is -3.50. The van der Waals surface area contributed by atoms with Gasteiger partial charge in [0.2, 0.25) is 0 Å². The highest BCUT2D eigenvalue weighted by atomic mass is 32.2. The largest absolute Gasteiger partial charge is 0.388 e. The number of likely N-dealkylation sites (tertiary alicyclic amines) is 1. The number of nitrogens with zero attached hydrogens (tertiary/aromatic N) is 3. The molecular weight excluding hydrogens is 402 g/mol. The van der Waals surface area contributed by atoms with E-state index in [4.69, 9.17) is 0 Å². The molecule has 0 spiro atoms. The van der Waals surface area contributed by atoms with Crippen molar-refractivity contribution in [3.8, 4) is 0 Å². The molecule has 3 heterocycles. The van der Waals surface area contributed by atoms with Crippen molar-refractivity contribution >= 4 is 26.6 Å². The number of benzene rings is 1. The summed E-state index contributed by atoms with van der Waals surface area (Å²) in [5.41, 5.74) is 0.225. The molecule has 3 aromatic rings. The minimum Gasteiger partial charge on any atom is -0.388 e. The maximum atomic E-state index is 13.1. The summed E-state index contributed by atoms with van der Waals surface area (Å²) in [6, 6.07) is 10.3. The number of aliphatic hydroxyl groups is 1. The molecular formula is C22H25N3O4S. The maximum absolute atomic E-state index is 13.1. The van der Waals surface area contributed by atoms with Crippen molar-refractivity contribution in [1.29, 1.82) is 0 Å². The first-order chi connectivity index (χ1) is 14.3. The number of hydrogen-bond donors (Lipinski definition) is 1.